The van der Waals surface area contributed by atoms with E-state index in [1.165, 1.54) is 0 Å². The van der Waals surface area contributed by atoms with Crippen LogP contribution in [0.25, 0.3) is 0 Å². The van der Waals surface area contributed by atoms with Crippen molar-refractivity contribution < 1.29 is 0 Å². The van der Waals surface area contributed by atoms with Crippen LogP contribution in [0.3, 0.4) is 0 Å². The SMILES string of the molecule is ClCC1(c2ccc(Cl)cc2)NC=CS1. The van der Waals surface area contributed by atoms with Gasteiger partial charge in [0.25, 0.3) is 0 Å². The molecular formula is C10H9Cl2NS. The van der Waals surface area contributed by atoms with Gasteiger partial charge < -0.3 is 5.32 Å². The van der Waals surface area contributed by atoms with Crippen molar-refractivity contribution in [3.8, 4) is 0 Å². The van der Waals surface area contributed by atoms with Gasteiger partial charge in [0.1, 0.15) is 4.87 Å². The minimum Gasteiger partial charge on any atom is -0.371 e. The Hall–Kier alpha value is -0.310. The highest BCUT2D eigenvalue weighted by atomic mass is 35.5. The molecule has 0 radical (unpaired) electrons. The lowest BCUT2D eigenvalue weighted by Crippen LogP contribution is -2.34. The lowest BCUT2D eigenvalue weighted by molar-refractivity contribution is 0.639. The normalized spacial score (nSPS) is 25.0. The Morgan fingerprint density at radius 3 is 2.50 bits per heavy atom. The van der Waals surface area contributed by atoms with E-state index in [0.717, 1.165) is 10.6 Å². The maximum Gasteiger partial charge on any atom is 0.126 e. The Labute approximate surface area is 97.5 Å². The van der Waals surface area contributed by atoms with Gasteiger partial charge in [-0.3, -0.25) is 0 Å². The molecule has 1 N–H and O–H groups in total. The monoisotopic (exact) mass is 245 g/mol. The zero-order chi connectivity index (χ0) is 10.0. The second kappa shape index (κ2) is 4.05. The minimum atomic E-state index is -0.216. The Balaban J connectivity index is 2.32. The van der Waals surface area contributed by atoms with Crippen molar-refractivity contribution in [3.05, 3.63) is 46.5 Å². The number of nitrogens with one attached hydrogen (secondary N) is 1. The van der Waals surface area contributed by atoms with Crippen molar-refractivity contribution in [2.75, 3.05) is 5.88 Å². The fourth-order valence-electron chi connectivity index (χ4n) is 1.37. The van der Waals surface area contributed by atoms with Crippen molar-refractivity contribution >= 4 is 35.0 Å². The van der Waals surface area contributed by atoms with Crippen LogP contribution in [0.1, 0.15) is 5.56 Å². The van der Waals surface area contributed by atoms with Crippen LogP contribution >= 0.6 is 35.0 Å². The summed E-state index contributed by atoms with van der Waals surface area (Å²) in [7, 11) is 0. The van der Waals surface area contributed by atoms with Gasteiger partial charge in [0.05, 0.1) is 5.88 Å². The third kappa shape index (κ3) is 1.74. The molecule has 4 heteroatoms. The van der Waals surface area contributed by atoms with Crippen LogP contribution in [0.2, 0.25) is 5.02 Å². The molecule has 0 saturated carbocycles. The predicted molar refractivity (Wildman–Crippen MR) is 63.7 cm³/mol. The molecule has 1 aliphatic rings. The molecule has 0 aromatic heterocycles. The number of alkyl halides is 1. The summed E-state index contributed by atoms with van der Waals surface area (Å²) in [5.74, 6) is 0.520. The molecule has 1 atom stereocenters. The van der Waals surface area contributed by atoms with E-state index >= 15 is 0 Å². The summed E-state index contributed by atoms with van der Waals surface area (Å²) in [6.45, 7) is 0. The molecule has 0 bridgehead atoms. The summed E-state index contributed by atoms with van der Waals surface area (Å²) >= 11 is 13.5. The van der Waals surface area contributed by atoms with Gasteiger partial charge in [-0.2, -0.15) is 0 Å². The molecule has 0 aliphatic carbocycles. The summed E-state index contributed by atoms with van der Waals surface area (Å²) < 4.78 is 0. The molecule has 1 aliphatic heterocycles. The zero-order valence-electron chi connectivity index (χ0n) is 7.34. The first kappa shape index (κ1) is 10.2. The van der Waals surface area contributed by atoms with Crippen molar-refractivity contribution in [1.82, 2.24) is 5.32 Å². The molecule has 0 saturated heterocycles. The Kier molecular flexibility index (Phi) is 2.96. The zero-order valence-corrected chi connectivity index (χ0v) is 9.66. The number of hydrogen-bond donors (Lipinski definition) is 1. The average molecular weight is 246 g/mol. The summed E-state index contributed by atoms with van der Waals surface area (Å²) in [4.78, 5) is -0.216. The molecule has 0 amide bonds. The first-order valence-electron chi connectivity index (χ1n) is 4.19. The molecular weight excluding hydrogens is 237 g/mol. The highest BCUT2D eigenvalue weighted by Crippen LogP contribution is 2.39. The lowest BCUT2D eigenvalue weighted by atomic mass is 10.1. The largest absolute Gasteiger partial charge is 0.371 e. The van der Waals surface area contributed by atoms with E-state index in [1.54, 1.807) is 11.8 Å². The number of rotatable bonds is 2. The van der Waals surface area contributed by atoms with E-state index in [9.17, 15) is 0 Å². The summed E-state index contributed by atoms with van der Waals surface area (Å²) in [6.07, 6.45) is 1.92. The van der Waals surface area contributed by atoms with Gasteiger partial charge in [0.2, 0.25) is 0 Å². The third-order valence-electron chi connectivity index (χ3n) is 2.15. The Morgan fingerprint density at radius 1 is 1.29 bits per heavy atom. The maximum absolute atomic E-state index is 5.98. The van der Waals surface area contributed by atoms with Crippen molar-refractivity contribution in [3.63, 3.8) is 0 Å². The number of hydrogen-bond acceptors (Lipinski definition) is 2. The van der Waals surface area contributed by atoms with Crippen molar-refractivity contribution in [2.24, 2.45) is 0 Å². The van der Waals surface area contributed by atoms with E-state index in [4.69, 9.17) is 23.2 Å². The van der Waals surface area contributed by atoms with Gasteiger partial charge in [-0.1, -0.05) is 35.5 Å². The van der Waals surface area contributed by atoms with Gasteiger partial charge in [-0.25, -0.2) is 0 Å². The molecule has 1 nitrogen and oxygen atoms in total. The quantitative estimate of drug-likeness (QED) is 0.801. The summed E-state index contributed by atoms with van der Waals surface area (Å²) in [6, 6.07) is 7.76. The van der Waals surface area contributed by atoms with Crippen LogP contribution in [0.5, 0.6) is 0 Å². The maximum atomic E-state index is 5.98. The van der Waals surface area contributed by atoms with Gasteiger partial charge >= 0.3 is 0 Å². The van der Waals surface area contributed by atoms with Crippen LogP contribution in [0.15, 0.2) is 35.9 Å². The van der Waals surface area contributed by atoms with E-state index < -0.39 is 0 Å². The lowest BCUT2D eigenvalue weighted by Gasteiger charge is -2.27. The smallest absolute Gasteiger partial charge is 0.126 e. The van der Waals surface area contributed by atoms with Crippen LogP contribution in [-0.4, -0.2) is 5.88 Å². The number of halogens is 2. The molecule has 74 valence electrons. The molecule has 1 aromatic carbocycles. The molecule has 14 heavy (non-hydrogen) atoms. The summed E-state index contributed by atoms with van der Waals surface area (Å²) in [5, 5.41) is 6.02. The predicted octanol–water partition coefficient (Wildman–Crippen LogP) is 3.54. The third-order valence-corrected chi connectivity index (χ3v) is 4.14. The highest BCUT2D eigenvalue weighted by Gasteiger charge is 2.32. The van der Waals surface area contributed by atoms with E-state index in [1.807, 2.05) is 35.9 Å². The fraction of sp³-hybridized carbons (Fsp3) is 0.200. The van der Waals surface area contributed by atoms with Crippen LogP contribution < -0.4 is 5.32 Å². The molecule has 0 fully saturated rings. The van der Waals surface area contributed by atoms with Gasteiger partial charge in [0.15, 0.2) is 0 Å². The highest BCUT2D eigenvalue weighted by molar-refractivity contribution is 8.03. The standard InChI is InChI=1S/C10H9Cl2NS/c11-7-10(13-5-6-14-10)8-1-3-9(12)4-2-8/h1-6,13H,7H2. The second-order valence-electron chi connectivity index (χ2n) is 3.03. The van der Waals surface area contributed by atoms with E-state index in [2.05, 4.69) is 5.32 Å². The number of benzene rings is 1. The van der Waals surface area contributed by atoms with Crippen molar-refractivity contribution in [1.29, 1.82) is 0 Å². The number of thioether (sulfide) groups is 1. The molecule has 1 aromatic rings. The Bertz CT molecular complexity index is 340. The van der Waals surface area contributed by atoms with Crippen LogP contribution in [-0.2, 0) is 4.87 Å². The minimum absolute atomic E-state index is 0.216. The van der Waals surface area contributed by atoms with Gasteiger partial charge in [0, 0.05) is 11.2 Å². The van der Waals surface area contributed by atoms with E-state index in [-0.39, 0.29) is 4.87 Å². The summed E-state index contributed by atoms with van der Waals surface area (Å²) in [5.41, 5.74) is 1.15. The molecule has 1 heterocycles. The van der Waals surface area contributed by atoms with E-state index in [0.29, 0.717) is 5.88 Å². The average Bonchev–Trinajstić information content (AvgIpc) is 2.68. The second-order valence-corrected chi connectivity index (χ2v) is 4.94. The molecule has 0 spiro atoms. The fourth-order valence-corrected chi connectivity index (χ4v) is 2.76. The van der Waals surface area contributed by atoms with Crippen LogP contribution in [0.4, 0.5) is 0 Å². The first-order valence-corrected chi connectivity index (χ1v) is 5.99. The van der Waals surface area contributed by atoms with Crippen molar-refractivity contribution in [2.45, 2.75) is 4.87 Å². The Morgan fingerprint density at radius 2 is 2.00 bits per heavy atom. The topological polar surface area (TPSA) is 12.0 Å². The molecule has 2 rings (SSSR count). The van der Waals surface area contributed by atoms with Crippen LogP contribution in [0, 0.1) is 0 Å². The first-order chi connectivity index (χ1) is 6.77. The van der Waals surface area contributed by atoms with Gasteiger partial charge in [-0.05, 0) is 23.1 Å². The molecule has 1 unspecified atom stereocenters. The van der Waals surface area contributed by atoms with Gasteiger partial charge in [-0.15, -0.1) is 11.6 Å².